The number of anilines is 3. The van der Waals surface area contributed by atoms with E-state index < -0.39 is 0 Å². The zero-order chi connectivity index (χ0) is 22.8. The number of nitrogens with one attached hydrogen (secondary N) is 1. The van der Waals surface area contributed by atoms with Crippen molar-refractivity contribution in [3.05, 3.63) is 35.7 Å². The monoisotopic (exact) mass is 472 g/mol. The first kappa shape index (κ1) is 21.5. The van der Waals surface area contributed by atoms with Gasteiger partial charge in [-0.2, -0.15) is 0 Å². The largest absolute Gasteiger partial charge is 0.504 e. The minimum absolute atomic E-state index is 0.182. The van der Waals surface area contributed by atoms with E-state index in [2.05, 4.69) is 15.3 Å². The van der Waals surface area contributed by atoms with Crippen molar-refractivity contribution in [2.24, 2.45) is 0 Å². The van der Waals surface area contributed by atoms with Crippen molar-refractivity contribution in [2.75, 3.05) is 32.4 Å². The maximum Gasteiger partial charge on any atom is 0.203 e. The molecule has 0 amide bonds. The number of phenols is 2. The number of rotatable bonds is 7. The Hall–Kier alpha value is -3.70. The molecule has 0 saturated carbocycles. The summed E-state index contributed by atoms with van der Waals surface area (Å²) < 4.78 is 16.1. The van der Waals surface area contributed by atoms with Crippen LogP contribution >= 0.6 is 22.7 Å². The van der Waals surface area contributed by atoms with Crippen molar-refractivity contribution < 1.29 is 24.4 Å². The summed E-state index contributed by atoms with van der Waals surface area (Å²) in [5.41, 5.74) is 8.20. The molecule has 4 aromatic rings. The van der Waals surface area contributed by atoms with E-state index in [0.717, 1.165) is 4.88 Å². The van der Waals surface area contributed by atoms with Crippen molar-refractivity contribution >= 4 is 39.3 Å². The lowest BCUT2D eigenvalue weighted by molar-refractivity contribution is 0.324. The fourth-order valence-corrected chi connectivity index (χ4v) is 4.84. The predicted octanol–water partition coefficient (Wildman–Crippen LogP) is 4.70. The van der Waals surface area contributed by atoms with E-state index in [9.17, 15) is 10.2 Å². The molecule has 5 N–H and O–H groups in total. The van der Waals surface area contributed by atoms with Crippen LogP contribution in [0.4, 0.5) is 16.6 Å². The highest BCUT2D eigenvalue weighted by molar-refractivity contribution is 7.23. The number of hydrogen-bond acceptors (Lipinski definition) is 11. The van der Waals surface area contributed by atoms with Crippen LogP contribution in [0.25, 0.3) is 21.1 Å². The maximum atomic E-state index is 9.74. The molecule has 0 aliphatic rings. The van der Waals surface area contributed by atoms with Crippen LogP contribution in [0.1, 0.15) is 0 Å². The van der Waals surface area contributed by atoms with Gasteiger partial charge in [-0.1, -0.05) is 11.3 Å². The number of phenolic OH excluding ortho intramolecular Hbond substituents is 2. The smallest absolute Gasteiger partial charge is 0.203 e. The molecule has 0 spiro atoms. The molecular weight excluding hydrogens is 452 g/mol. The molecule has 0 bridgehead atoms. The molecule has 11 heteroatoms. The summed E-state index contributed by atoms with van der Waals surface area (Å²) in [5.74, 6) is 1.49. The first-order valence-corrected chi connectivity index (χ1v) is 10.9. The van der Waals surface area contributed by atoms with Gasteiger partial charge in [-0.15, -0.1) is 11.3 Å². The lowest BCUT2D eigenvalue weighted by Gasteiger charge is -2.14. The number of nitrogens with zero attached hydrogens (tertiary/aromatic N) is 2. The molecule has 2 heterocycles. The summed E-state index contributed by atoms with van der Waals surface area (Å²) in [7, 11) is 4.64. The minimum Gasteiger partial charge on any atom is -0.504 e. The molecule has 0 aliphatic carbocycles. The number of benzene rings is 2. The predicted molar refractivity (Wildman–Crippen MR) is 126 cm³/mol. The van der Waals surface area contributed by atoms with Gasteiger partial charge in [0.25, 0.3) is 0 Å². The van der Waals surface area contributed by atoms with Gasteiger partial charge in [0.05, 0.1) is 27.0 Å². The Morgan fingerprint density at radius 3 is 2.28 bits per heavy atom. The highest BCUT2D eigenvalue weighted by Crippen LogP contribution is 2.43. The van der Waals surface area contributed by atoms with E-state index >= 15 is 0 Å². The molecule has 0 saturated heterocycles. The van der Waals surface area contributed by atoms with Gasteiger partial charge in [0.1, 0.15) is 15.7 Å². The third-order valence-electron chi connectivity index (χ3n) is 4.54. The molecule has 2 aromatic heterocycles. The summed E-state index contributed by atoms with van der Waals surface area (Å²) in [6.45, 7) is 0. The van der Waals surface area contributed by atoms with Crippen LogP contribution in [0.2, 0.25) is 0 Å². The van der Waals surface area contributed by atoms with Gasteiger partial charge in [0, 0.05) is 28.8 Å². The minimum atomic E-state index is -0.203. The number of hydrogen-bond donors (Lipinski definition) is 4. The van der Waals surface area contributed by atoms with Gasteiger partial charge in [-0.05, 0) is 18.2 Å². The standard InChI is InChI=1S/C21H20N4O5S2/c1-28-15-7-11(8-16(29-2)17(15)30-3)23-21-25-19(22)18(32-21)20-24-12(9-31-20)10-4-5-13(26)14(27)6-10/h4-9,26-27H,22H2,1-3H3,(H,23,25). The van der Waals surface area contributed by atoms with Gasteiger partial charge in [-0.3, -0.25) is 0 Å². The highest BCUT2D eigenvalue weighted by atomic mass is 32.1. The summed E-state index contributed by atoms with van der Waals surface area (Å²) in [6, 6.07) is 8.11. The molecular formula is C21H20N4O5S2. The first-order valence-electron chi connectivity index (χ1n) is 9.25. The van der Waals surface area contributed by atoms with Crippen LogP contribution < -0.4 is 25.3 Å². The van der Waals surface area contributed by atoms with E-state index in [1.165, 1.54) is 34.8 Å². The number of methoxy groups -OCH3 is 3. The molecule has 0 radical (unpaired) electrons. The van der Waals surface area contributed by atoms with Crippen molar-refractivity contribution in [1.29, 1.82) is 0 Å². The van der Waals surface area contributed by atoms with Crippen LogP contribution in [0.3, 0.4) is 0 Å². The summed E-state index contributed by atoms with van der Waals surface area (Å²) >= 11 is 2.77. The van der Waals surface area contributed by atoms with Crippen LogP contribution in [0.5, 0.6) is 28.7 Å². The average Bonchev–Trinajstić information content (AvgIpc) is 3.41. The number of aromatic nitrogens is 2. The van der Waals surface area contributed by atoms with Gasteiger partial charge < -0.3 is 35.5 Å². The molecule has 9 nitrogen and oxygen atoms in total. The molecule has 166 valence electrons. The van der Waals surface area contributed by atoms with Crippen LogP contribution in [-0.2, 0) is 0 Å². The molecule has 0 unspecified atom stereocenters. The van der Waals surface area contributed by atoms with Gasteiger partial charge in [0.15, 0.2) is 28.1 Å². The number of thiazole rings is 2. The Kier molecular flexibility index (Phi) is 5.93. The van der Waals surface area contributed by atoms with E-state index in [0.29, 0.717) is 50.2 Å². The second-order valence-electron chi connectivity index (χ2n) is 6.51. The second-order valence-corrected chi connectivity index (χ2v) is 8.37. The van der Waals surface area contributed by atoms with Crippen molar-refractivity contribution in [1.82, 2.24) is 9.97 Å². The summed E-state index contributed by atoms with van der Waals surface area (Å²) in [5, 5.41) is 25.6. The molecule has 2 aromatic carbocycles. The number of aromatic hydroxyl groups is 2. The second kappa shape index (κ2) is 8.81. The van der Waals surface area contributed by atoms with Crippen LogP contribution in [0, 0.1) is 0 Å². The zero-order valence-corrected chi connectivity index (χ0v) is 19.0. The lowest BCUT2D eigenvalue weighted by atomic mass is 10.1. The SMILES string of the molecule is COc1cc(Nc2nc(N)c(-c3nc(-c4ccc(O)c(O)c4)cs3)s2)cc(OC)c1OC. The van der Waals surface area contributed by atoms with E-state index in [4.69, 9.17) is 19.9 Å². The number of ether oxygens (including phenoxy) is 3. The normalized spacial score (nSPS) is 10.7. The number of nitrogen functional groups attached to an aromatic ring is 1. The average molecular weight is 473 g/mol. The third-order valence-corrected chi connectivity index (χ3v) is 6.52. The molecule has 0 aliphatic heterocycles. The van der Waals surface area contributed by atoms with Gasteiger partial charge in [-0.25, -0.2) is 9.97 Å². The van der Waals surface area contributed by atoms with Crippen LogP contribution in [-0.4, -0.2) is 41.5 Å². The Morgan fingerprint density at radius 2 is 1.66 bits per heavy atom. The molecule has 4 rings (SSSR count). The van der Waals surface area contributed by atoms with E-state index in [1.807, 2.05) is 5.38 Å². The quantitative estimate of drug-likeness (QED) is 0.283. The van der Waals surface area contributed by atoms with Crippen molar-refractivity contribution in [3.8, 4) is 49.9 Å². The van der Waals surface area contributed by atoms with Crippen LogP contribution in [0.15, 0.2) is 35.7 Å². The summed E-state index contributed by atoms with van der Waals surface area (Å²) in [4.78, 5) is 9.74. The summed E-state index contributed by atoms with van der Waals surface area (Å²) in [6.07, 6.45) is 0. The Balaban J connectivity index is 1.62. The van der Waals surface area contributed by atoms with Crippen molar-refractivity contribution in [2.45, 2.75) is 0 Å². The van der Waals surface area contributed by atoms with E-state index in [-0.39, 0.29) is 11.5 Å². The van der Waals surface area contributed by atoms with Gasteiger partial charge in [0.2, 0.25) is 5.75 Å². The molecule has 0 fully saturated rings. The van der Waals surface area contributed by atoms with Gasteiger partial charge >= 0.3 is 0 Å². The zero-order valence-electron chi connectivity index (χ0n) is 17.4. The fourth-order valence-electron chi connectivity index (χ4n) is 3.01. The van der Waals surface area contributed by atoms with E-state index in [1.54, 1.807) is 39.5 Å². The lowest BCUT2D eigenvalue weighted by Crippen LogP contribution is -1.97. The highest BCUT2D eigenvalue weighted by Gasteiger charge is 2.18. The Bertz CT molecular complexity index is 1250. The molecule has 0 atom stereocenters. The third kappa shape index (κ3) is 4.07. The maximum absolute atomic E-state index is 9.74. The number of nitrogens with two attached hydrogens (primary N) is 1. The first-order chi connectivity index (χ1) is 15.4. The fraction of sp³-hybridized carbons (Fsp3) is 0.143. The topological polar surface area (TPSA) is 132 Å². The Labute approximate surface area is 191 Å². The van der Waals surface area contributed by atoms with Crippen molar-refractivity contribution in [3.63, 3.8) is 0 Å². The molecule has 32 heavy (non-hydrogen) atoms. The Morgan fingerprint density at radius 1 is 0.938 bits per heavy atom.